The predicted octanol–water partition coefficient (Wildman–Crippen LogP) is 2.71. The van der Waals surface area contributed by atoms with E-state index in [0.717, 1.165) is 12.1 Å². The largest absolute Gasteiger partial charge is 0.392 e. The summed E-state index contributed by atoms with van der Waals surface area (Å²) in [7, 11) is 0. The summed E-state index contributed by atoms with van der Waals surface area (Å²) in [4.78, 5) is 0. The average molecular weight is 201 g/mol. The van der Waals surface area contributed by atoms with Gasteiger partial charge >= 0.3 is 0 Å². The Hall–Kier alpha value is -1.54. The highest BCUT2D eigenvalue weighted by molar-refractivity contribution is 5.80. The van der Waals surface area contributed by atoms with Gasteiger partial charge in [0.1, 0.15) is 0 Å². The van der Waals surface area contributed by atoms with Crippen LogP contribution in [0.15, 0.2) is 42.6 Å². The number of benzene rings is 1. The molecule has 1 heterocycles. The highest BCUT2D eigenvalue weighted by Crippen LogP contribution is 2.17. The molecule has 1 N–H and O–H groups in total. The van der Waals surface area contributed by atoms with Crippen LogP contribution in [-0.2, 0) is 13.2 Å². The zero-order valence-corrected chi connectivity index (χ0v) is 8.85. The minimum Gasteiger partial charge on any atom is -0.392 e. The number of aromatic nitrogens is 1. The average Bonchev–Trinajstić information content (AvgIpc) is 2.68. The van der Waals surface area contributed by atoms with Crippen molar-refractivity contribution < 1.29 is 5.11 Å². The third-order valence-corrected chi connectivity index (χ3v) is 2.56. The van der Waals surface area contributed by atoms with E-state index < -0.39 is 0 Å². The van der Waals surface area contributed by atoms with Crippen molar-refractivity contribution in [3.63, 3.8) is 0 Å². The SMILES string of the molecule is C/C=C/Cn1ccc2ccc(CO)cc21. The summed E-state index contributed by atoms with van der Waals surface area (Å²) in [6, 6.07) is 8.15. The fourth-order valence-corrected chi connectivity index (χ4v) is 1.71. The van der Waals surface area contributed by atoms with Gasteiger partial charge in [0.25, 0.3) is 0 Å². The van der Waals surface area contributed by atoms with Crippen LogP contribution in [0.25, 0.3) is 10.9 Å². The molecule has 2 nitrogen and oxygen atoms in total. The van der Waals surface area contributed by atoms with E-state index in [1.54, 1.807) is 0 Å². The first-order valence-corrected chi connectivity index (χ1v) is 5.15. The molecule has 0 bridgehead atoms. The number of allylic oxidation sites excluding steroid dienone is 2. The molecular weight excluding hydrogens is 186 g/mol. The zero-order valence-electron chi connectivity index (χ0n) is 8.85. The third-order valence-electron chi connectivity index (χ3n) is 2.56. The second-order valence-electron chi connectivity index (χ2n) is 3.59. The van der Waals surface area contributed by atoms with Gasteiger partial charge in [-0.2, -0.15) is 0 Å². The Kier molecular flexibility index (Phi) is 2.88. The zero-order chi connectivity index (χ0) is 10.7. The molecule has 78 valence electrons. The highest BCUT2D eigenvalue weighted by atomic mass is 16.3. The molecule has 0 saturated carbocycles. The molecule has 2 heteroatoms. The number of aliphatic hydroxyl groups is 1. The Morgan fingerprint density at radius 3 is 2.93 bits per heavy atom. The second kappa shape index (κ2) is 4.32. The standard InChI is InChI=1S/C13H15NO/c1-2-3-7-14-8-6-12-5-4-11(10-15)9-13(12)14/h2-6,8-9,15H,7,10H2,1H3/b3-2+. The number of hydrogen-bond donors (Lipinski definition) is 1. The van der Waals surface area contributed by atoms with Crippen LogP contribution in [0.5, 0.6) is 0 Å². The molecule has 0 aliphatic heterocycles. The topological polar surface area (TPSA) is 25.2 Å². The Balaban J connectivity index is 2.46. The Morgan fingerprint density at radius 1 is 1.33 bits per heavy atom. The van der Waals surface area contributed by atoms with Crippen molar-refractivity contribution >= 4 is 10.9 Å². The Morgan fingerprint density at radius 2 is 2.20 bits per heavy atom. The Labute approximate surface area is 89.5 Å². The summed E-state index contributed by atoms with van der Waals surface area (Å²) in [5, 5.41) is 10.3. The molecule has 0 amide bonds. The summed E-state index contributed by atoms with van der Waals surface area (Å²) >= 11 is 0. The lowest BCUT2D eigenvalue weighted by molar-refractivity contribution is 0.282. The number of rotatable bonds is 3. The van der Waals surface area contributed by atoms with E-state index in [1.807, 2.05) is 31.2 Å². The number of nitrogens with zero attached hydrogens (tertiary/aromatic N) is 1. The van der Waals surface area contributed by atoms with Crippen molar-refractivity contribution in [3.05, 3.63) is 48.2 Å². The lowest BCUT2D eigenvalue weighted by Crippen LogP contribution is -1.93. The lowest BCUT2D eigenvalue weighted by atomic mass is 10.2. The second-order valence-corrected chi connectivity index (χ2v) is 3.59. The maximum absolute atomic E-state index is 9.08. The van der Waals surface area contributed by atoms with E-state index in [1.165, 1.54) is 10.9 Å². The smallest absolute Gasteiger partial charge is 0.0682 e. The first kappa shape index (κ1) is 9.99. The van der Waals surface area contributed by atoms with Crippen molar-refractivity contribution in [3.8, 4) is 0 Å². The van der Waals surface area contributed by atoms with E-state index in [4.69, 9.17) is 5.11 Å². The highest BCUT2D eigenvalue weighted by Gasteiger charge is 2.00. The molecule has 0 radical (unpaired) electrons. The van der Waals surface area contributed by atoms with Gasteiger partial charge in [0.05, 0.1) is 6.61 Å². The van der Waals surface area contributed by atoms with Gasteiger partial charge in [0.15, 0.2) is 0 Å². The summed E-state index contributed by atoms with van der Waals surface area (Å²) in [6.45, 7) is 3.00. The van der Waals surface area contributed by atoms with Gasteiger partial charge < -0.3 is 9.67 Å². The molecule has 0 saturated heterocycles. The number of fused-ring (bicyclic) bond motifs is 1. The summed E-state index contributed by atoms with van der Waals surface area (Å²) in [5.41, 5.74) is 2.14. The summed E-state index contributed by atoms with van der Waals surface area (Å²) in [6.07, 6.45) is 6.23. The van der Waals surface area contributed by atoms with Crippen LogP contribution >= 0.6 is 0 Å². The third kappa shape index (κ3) is 1.95. The van der Waals surface area contributed by atoms with Gasteiger partial charge in [0.2, 0.25) is 0 Å². The van der Waals surface area contributed by atoms with Crippen LogP contribution in [0.2, 0.25) is 0 Å². The van der Waals surface area contributed by atoms with Gasteiger partial charge in [-0.25, -0.2) is 0 Å². The molecule has 0 aliphatic rings. The molecule has 1 aromatic carbocycles. The molecule has 0 aliphatic carbocycles. The van der Waals surface area contributed by atoms with E-state index in [9.17, 15) is 0 Å². The van der Waals surface area contributed by atoms with Crippen molar-refractivity contribution in [2.24, 2.45) is 0 Å². The minimum absolute atomic E-state index is 0.102. The molecule has 0 unspecified atom stereocenters. The van der Waals surface area contributed by atoms with Crippen LogP contribution in [0, 0.1) is 0 Å². The molecule has 1 aromatic heterocycles. The number of aliphatic hydroxyl groups excluding tert-OH is 1. The molecule has 2 aromatic rings. The van der Waals surface area contributed by atoms with Crippen LogP contribution in [0.3, 0.4) is 0 Å². The van der Waals surface area contributed by atoms with E-state index in [2.05, 4.69) is 22.9 Å². The van der Waals surface area contributed by atoms with Crippen LogP contribution in [0.1, 0.15) is 12.5 Å². The minimum atomic E-state index is 0.102. The first-order valence-electron chi connectivity index (χ1n) is 5.15. The van der Waals surface area contributed by atoms with Crippen LogP contribution in [-0.4, -0.2) is 9.67 Å². The maximum atomic E-state index is 9.08. The molecule has 15 heavy (non-hydrogen) atoms. The van der Waals surface area contributed by atoms with E-state index in [-0.39, 0.29) is 6.61 Å². The molecule has 0 atom stereocenters. The normalized spacial score (nSPS) is 11.6. The Bertz CT molecular complexity index is 482. The molecule has 2 rings (SSSR count). The molecule has 0 fully saturated rings. The van der Waals surface area contributed by atoms with Gasteiger partial charge in [-0.05, 0) is 30.0 Å². The monoisotopic (exact) mass is 201 g/mol. The van der Waals surface area contributed by atoms with E-state index >= 15 is 0 Å². The van der Waals surface area contributed by atoms with Crippen LogP contribution in [0.4, 0.5) is 0 Å². The van der Waals surface area contributed by atoms with Gasteiger partial charge in [-0.1, -0.05) is 24.3 Å². The fraction of sp³-hybridized carbons (Fsp3) is 0.231. The van der Waals surface area contributed by atoms with Gasteiger partial charge in [-0.15, -0.1) is 0 Å². The fourth-order valence-electron chi connectivity index (χ4n) is 1.71. The van der Waals surface area contributed by atoms with Crippen molar-refractivity contribution in [2.75, 3.05) is 0 Å². The molecular formula is C13H15NO. The lowest BCUT2D eigenvalue weighted by Gasteiger charge is -2.02. The van der Waals surface area contributed by atoms with Gasteiger partial charge in [-0.3, -0.25) is 0 Å². The van der Waals surface area contributed by atoms with Crippen molar-refractivity contribution in [1.82, 2.24) is 4.57 Å². The quantitative estimate of drug-likeness (QED) is 0.759. The van der Waals surface area contributed by atoms with Crippen molar-refractivity contribution in [2.45, 2.75) is 20.1 Å². The summed E-state index contributed by atoms with van der Waals surface area (Å²) < 4.78 is 2.18. The van der Waals surface area contributed by atoms with Crippen molar-refractivity contribution in [1.29, 1.82) is 0 Å². The van der Waals surface area contributed by atoms with Gasteiger partial charge in [0, 0.05) is 18.3 Å². The van der Waals surface area contributed by atoms with E-state index in [0.29, 0.717) is 0 Å². The first-order chi connectivity index (χ1) is 7.35. The molecule has 0 spiro atoms. The number of hydrogen-bond acceptors (Lipinski definition) is 1. The maximum Gasteiger partial charge on any atom is 0.0682 e. The predicted molar refractivity (Wildman–Crippen MR) is 62.7 cm³/mol. The summed E-state index contributed by atoms with van der Waals surface area (Å²) in [5.74, 6) is 0. The van der Waals surface area contributed by atoms with Crippen LogP contribution < -0.4 is 0 Å².